The van der Waals surface area contributed by atoms with Crippen LogP contribution >= 0.6 is 7.26 Å². The van der Waals surface area contributed by atoms with E-state index in [0.717, 1.165) is 0 Å². The Balaban J connectivity index is 2.52. The van der Waals surface area contributed by atoms with E-state index >= 15 is 0 Å². The van der Waals surface area contributed by atoms with Gasteiger partial charge in [0, 0.05) is 0 Å². The fraction of sp³-hybridized carbons (Fsp3) is 0.714. The summed E-state index contributed by atoms with van der Waals surface area (Å²) in [5.41, 5.74) is 0. The van der Waals surface area contributed by atoms with Gasteiger partial charge in [-0.25, -0.2) is 0 Å². The van der Waals surface area contributed by atoms with Crippen LogP contribution in [0.1, 0.15) is 12.8 Å². The summed E-state index contributed by atoms with van der Waals surface area (Å²) in [5, 5.41) is 0. The average molecular weight is 130 g/mol. The Morgan fingerprint density at radius 2 is 1.88 bits per heavy atom. The van der Waals surface area contributed by atoms with Crippen LogP contribution in [0.2, 0.25) is 0 Å². The summed E-state index contributed by atoms with van der Waals surface area (Å²) in [5.74, 6) is 2.25. The Morgan fingerprint density at radius 1 is 1.38 bits per heavy atom. The molecule has 0 aromatic carbocycles. The van der Waals surface area contributed by atoms with Crippen molar-refractivity contribution in [2.45, 2.75) is 12.8 Å². The zero-order chi connectivity index (χ0) is 6.04. The molecule has 0 spiro atoms. The number of hydrogen-bond acceptors (Lipinski definition) is 0. The van der Waals surface area contributed by atoms with Crippen molar-refractivity contribution in [2.75, 3.05) is 19.0 Å². The van der Waals surface area contributed by atoms with Crippen molar-refractivity contribution in [3.8, 4) is 0 Å². The Morgan fingerprint density at radius 3 is 2.12 bits per heavy atom. The Bertz CT molecular complexity index is 90.6. The number of hydrogen-bond donors (Lipinski definition) is 0. The van der Waals surface area contributed by atoms with Gasteiger partial charge in [0.1, 0.15) is 0 Å². The Labute approximate surface area is 52.3 Å². The zero-order valence-electron chi connectivity index (χ0n) is 5.61. The van der Waals surface area contributed by atoms with Gasteiger partial charge < -0.3 is 0 Å². The van der Waals surface area contributed by atoms with Gasteiger partial charge in [0.15, 0.2) is 0 Å². The van der Waals surface area contributed by atoms with Crippen LogP contribution in [-0.4, -0.2) is 19.0 Å². The topological polar surface area (TPSA) is 0 Å². The van der Waals surface area contributed by atoms with Gasteiger partial charge in [-0.3, -0.25) is 0 Å². The first-order chi connectivity index (χ1) is 3.77. The van der Waals surface area contributed by atoms with E-state index < -0.39 is 7.26 Å². The first-order valence-corrected chi connectivity index (χ1v) is 6.40. The fourth-order valence-electron chi connectivity index (χ4n) is 1.39. The first-order valence-electron chi connectivity index (χ1n) is 3.40. The third kappa shape index (κ3) is 1.11. The monoisotopic (exact) mass is 130 g/mol. The molecule has 1 saturated heterocycles. The van der Waals surface area contributed by atoms with Gasteiger partial charge in [0.25, 0.3) is 0 Å². The molecule has 1 fully saturated rings. The zero-order valence-corrected chi connectivity index (χ0v) is 6.61. The van der Waals surface area contributed by atoms with Crippen molar-refractivity contribution in [1.82, 2.24) is 0 Å². The van der Waals surface area contributed by atoms with Crippen LogP contribution in [0.15, 0.2) is 12.4 Å². The molecular weight excluding hydrogens is 115 g/mol. The molecule has 1 aliphatic heterocycles. The molecule has 0 radical (unpaired) electrons. The summed E-state index contributed by atoms with van der Waals surface area (Å²) in [7, 11) is -0.796. The Kier molecular flexibility index (Phi) is 1.72. The molecule has 0 aliphatic carbocycles. The molecule has 1 rings (SSSR count). The molecule has 0 N–H and O–H groups in total. The summed E-state index contributed by atoms with van der Waals surface area (Å²) in [6.45, 7) is 6.31. The van der Waals surface area contributed by atoms with E-state index in [9.17, 15) is 0 Å². The molecule has 1 heterocycles. The molecule has 0 saturated carbocycles. The van der Waals surface area contributed by atoms with Gasteiger partial charge in [-0.05, 0) is 0 Å². The second kappa shape index (κ2) is 2.19. The standard InChI is InChI=1S/C7H15P/c1-3-8(2)6-4-5-7-8/h3,8H,1,4-7H2,2H3. The van der Waals surface area contributed by atoms with Gasteiger partial charge in [0.2, 0.25) is 0 Å². The summed E-state index contributed by atoms with van der Waals surface area (Å²) >= 11 is 0. The van der Waals surface area contributed by atoms with E-state index in [0.29, 0.717) is 0 Å². The number of rotatable bonds is 1. The van der Waals surface area contributed by atoms with Gasteiger partial charge in [0.05, 0.1) is 0 Å². The maximum absolute atomic E-state index is 3.88. The van der Waals surface area contributed by atoms with Crippen molar-refractivity contribution >= 4 is 7.26 Å². The predicted molar refractivity (Wildman–Crippen MR) is 43.4 cm³/mol. The third-order valence-electron chi connectivity index (χ3n) is 2.24. The van der Waals surface area contributed by atoms with E-state index in [2.05, 4.69) is 19.1 Å². The summed E-state index contributed by atoms with van der Waals surface area (Å²) in [6, 6.07) is 0. The quantitative estimate of drug-likeness (QED) is 0.478. The van der Waals surface area contributed by atoms with E-state index in [1.807, 2.05) is 0 Å². The van der Waals surface area contributed by atoms with Crippen molar-refractivity contribution in [2.24, 2.45) is 0 Å². The van der Waals surface area contributed by atoms with Crippen LogP contribution in [-0.2, 0) is 0 Å². The molecule has 8 heavy (non-hydrogen) atoms. The molecule has 1 heteroatoms. The molecule has 0 nitrogen and oxygen atoms in total. The van der Waals surface area contributed by atoms with E-state index in [1.165, 1.54) is 25.2 Å². The predicted octanol–water partition coefficient (Wildman–Crippen LogP) is 2.30. The van der Waals surface area contributed by atoms with Crippen molar-refractivity contribution in [3.05, 3.63) is 12.4 Å². The molecule has 0 bridgehead atoms. The molecule has 1 aliphatic rings. The van der Waals surface area contributed by atoms with Crippen LogP contribution in [0.4, 0.5) is 0 Å². The summed E-state index contributed by atoms with van der Waals surface area (Å²) in [6.07, 6.45) is 5.93. The van der Waals surface area contributed by atoms with E-state index in [1.54, 1.807) is 0 Å². The summed E-state index contributed by atoms with van der Waals surface area (Å²) in [4.78, 5) is 0. The van der Waals surface area contributed by atoms with E-state index in [4.69, 9.17) is 0 Å². The first kappa shape index (κ1) is 6.29. The molecule has 0 aromatic rings. The third-order valence-corrected chi connectivity index (χ3v) is 6.22. The Hall–Kier alpha value is 0.170. The molecule has 48 valence electrons. The van der Waals surface area contributed by atoms with Crippen LogP contribution in [0, 0.1) is 0 Å². The molecule has 0 atom stereocenters. The van der Waals surface area contributed by atoms with Gasteiger partial charge >= 0.3 is 51.5 Å². The maximum atomic E-state index is 3.88. The fourth-order valence-corrected chi connectivity index (χ4v) is 4.16. The molecule has 0 aromatic heterocycles. The molecule has 0 amide bonds. The SMILES string of the molecule is C=C[PH]1(C)CCCC1. The van der Waals surface area contributed by atoms with Crippen LogP contribution < -0.4 is 0 Å². The molecular formula is C7H15P. The van der Waals surface area contributed by atoms with Crippen molar-refractivity contribution in [1.29, 1.82) is 0 Å². The van der Waals surface area contributed by atoms with Crippen molar-refractivity contribution < 1.29 is 0 Å². The second-order valence-corrected chi connectivity index (χ2v) is 7.78. The summed E-state index contributed by atoms with van der Waals surface area (Å²) < 4.78 is 0. The average Bonchev–Trinajstić information content (AvgIpc) is 2.17. The van der Waals surface area contributed by atoms with Crippen LogP contribution in [0.3, 0.4) is 0 Å². The van der Waals surface area contributed by atoms with E-state index in [-0.39, 0.29) is 0 Å². The van der Waals surface area contributed by atoms with Crippen LogP contribution in [0.25, 0.3) is 0 Å². The van der Waals surface area contributed by atoms with Crippen LogP contribution in [0.5, 0.6) is 0 Å². The van der Waals surface area contributed by atoms with Gasteiger partial charge in [-0.1, -0.05) is 0 Å². The molecule has 0 unspecified atom stereocenters. The second-order valence-electron chi connectivity index (χ2n) is 3.07. The van der Waals surface area contributed by atoms with Crippen molar-refractivity contribution in [3.63, 3.8) is 0 Å². The normalized spacial score (nSPS) is 29.6. The van der Waals surface area contributed by atoms with Gasteiger partial charge in [-0.2, -0.15) is 0 Å². The minimum absolute atomic E-state index is 0.796. The minimum atomic E-state index is -0.796. The van der Waals surface area contributed by atoms with Gasteiger partial charge in [-0.15, -0.1) is 0 Å².